The van der Waals surface area contributed by atoms with Crippen molar-refractivity contribution in [1.29, 1.82) is 0 Å². The van der Waals surface area contributed by atoms with E-state index < -0.39 is 11.2 Å². The first kappa shape index (κ1) is 18.2. The van der Waals surface area contributed by atoms with Crippen molar-refractivity contribution in [3.8, 4) is 11.3 Å². The van der Waals surface area contributed by atoms with Crippen molar-refractivity contribution in [2.45, 2.75) is 25.6 Å². The summed E-state index contributed by atoms with van der Waals surface area (Å²) in [5.74, 6) is 0.646. The van der Waals surface area contributed by atoms with Gasteiger partial charge in [-0.25, -0.2) is 14.5 Å². The van der Waals surface area contributed by atoms with Crippen LogP contribution in [0.25, 0.3) is 16.9 Å². The van der Waals surface area contributed by atoms with E-state index in [1.807, 2.05) is 62.5 Å². The number of aromatic nitrogens is 5. The molecule has 0 radical (unpaired) electrons. The number of primary amides is 1. The molecule has 4 aromatic rings. The molecule has 0 saturated heterocycles. The van der Waals surface area contributed by atoms with Gasteiger partial charge in [0.05, 0.1) is 5.69 Å². The highest BCUT2D eigenvalue weighted by atomic mass is 32.1. The highest BCUT2D eigenvalue weighted by Gasteiger charge is 2.23. The van der Waals surface area contributed by atoms with E-state index in [4.69, 9.17) is 23.3 Å². The average Bonchev–Trinajstić information content (AvgIpc) is 3.26. The number of pyridine rings is 1. The van der Waals surface area contributed by atoms with E-state index in [0.717, 1.165) is 28.2 Å². The summed E-state index contributed by atoms with van der Waals surface area (Å²) >= 11 is 4.72. The topological polar surface area (TPSA) is 91.1 Å². The summed E-state index contributed by atoms with van der Waals surface area (Å²) in [4.78, 5) is 20.9. The molecule has 1 unspecified atom stereocenters. The Labute approximate surface area is 167 Å². The van der Waals surface area contributed by atoms with E-state index >= 15 is 0 Å². The predicted octanol–water partition coefficient (Wildman–Crippen LogP) is 2.71. The van der Waals surface area contributed by atoms with Crippen LogP contribution in [-0.4, -0.2) is 30.1 Å². The number of benzene rings is 1. The van der Waals surface area contributed by atoms with Gasteiger partial charge in [0.2, 0.25) is 5.91 Å². The van der Waals surface area contributed by atoms with Gasteiger partial charge in [-0.2, -0.15) is 12.6 Å². The number of hydrogen-bond donors (Lipinski definition) is 2. The molecule has 7 nitrogen and oxygen atoms in total. The van der Waals surface area contributed by atoms with Crippen LogP contribution in [0.1, 0.15) is 28.2 Å². The number of nitrogens with zero attached hydrogens (tertiary/aromatic N) is 5. The maximum absolute atomic E-state index is 11.6. The van der Waals surface area contributed by atoms with Crippen LogP contribution in [0.15, 0.2) is 48.7 Å². The zero-order valence-corrected chi connectivity index (χ0v) is 16.5. The highest BCUT2D eigenvalue weighted by molar-refractivity contribution is 7.80. The number of hydrogen-bond acceptors (Lipinski definition) is 5. The summed E-state index contributed by atoms with van der Waals surface area (Å²) in [5, 5.41) is 4.09. The summed E-state index contributed by atoms with van der Waals surface area (Å²) in [7, 11) is 0. The molecule has 0 bridgehead atoms. The Morgan fingerprint density at radius 3 is 2.64 bits per heavy atom. The maximum atomic E-state index is 11.6. The first-order chi connectivity index (χ1) is 13.4. The molecule has 8 heteroatoms. The number of carbonyl (C=O) groups is 1. The minimum absolute atomic E-state index is 0.0116. The molecule has 2 N–H and O–H groups in total. The fourth-order valence-corrected chi connectivity index (χ4v) is 3.57. The Kier molecular flexibility index (Phi) is 4.64. The number of thiol groups is 1. The molecule has 3 heterocycles. The van der Waals surface area contributed by atoms with Gasteiger partial charge in [0.15, 0.2) is 11.5 Å². The third-order valence-electron chi connectivity index (χ3n) is 4.47. The molecule has 0 fully saturated rings. The monoisotopic (exact) mass is 392 g/mol. The summed E-state index contributed by atoms with van der Waals surface area (Å²) in [5.41, 5.74) is 9.97. The van der Waals surface area contributed by atoms with Crippen LogP contribution in [0.5, 0.6) is 0 Å². The first-order valence-corrected chi connectivity index (χ1v) is 9.37. The number of rotatable bonds is 5. The molecule has 1 aromatic carbocycles. The summed E-state index contributed by atoms with van der Waals surface area (Å²) in [6.45, 7) is 4.01. The van der Waals surface area contributed by atoms with Crippen LogP contribution in [0, 0.1) is 13.8 Å². The normalized spacial score (nSPS) is 12.4. The Morgan fingerprint density at radius 2 is 1.93 bits per heavy atom. The van der Waals surface area contributed by atoms with Crippen molar-refractivity contribution in [1.82, 2.24) is 24.1 Å². The molecule has 1 amide bonds. The van der Waals surface area contributed by atoms with Crippen LogP contribution < -0.4 is 5.73 Å². The molecule has 3 aromatic heterocycles. The summed E-state index contributed by atoms with van der Waals surface area (Å²) in [6, 6.07) is 13.8. The lowest BCUT2D eigenvalue weighted by molar-refractivity contribution is -0.118. The Morgan fingerprint density at radius 1 is 1.18 bits per heavy atom. The molecule has 0 aliphatic heterocycles. The van der Waals surface area contributed by atoms with E-state index in [2.05, 4.69) is 10.1 Å². The molecule has 0 aliphatic rings. The van der Waals surface area contributed by atoms with Gasteiger partial charge >= 0.3 is 0 Å². The molecule has 0 spiro atoms. The summed E-state index contributed by atoms with van der Waals surface area (Å²) in [6.07, 6.45) is 1.81. The number of nitrogens with two attached hydrogens (primary N) is 1. The van der Waals surface area contributed by atoms with Crippen LogP contribution in [0.2, 0.25) is 0 Å². The third-order valence-corrected chi connectivity index (χ3v) is 4.93. The highest BCUT2D eigenvalue weighted by Crippen LogP contribution is 2.29. The van der Waals surface area contributed by atoms with Gasteiger partial charge in [0.25, 0.3) is 0 Å². The minimum Gasteiger partial charge on any atom is -0.368 e. The maximum Gasteiger partial charge on any atom is 0.237 e. The van der Waals surface area contributed by atoms with Crippen molar-refractivity contribution in [3.63, 3.8) is 0 Å². The van der Waals surface area contributed by atoms with Gasteiger partial charge in [-0.1, -0.05) is 30.3 Å². The minimum atomic E-state index is -0.503. The number of aryl methyl sites for hydroxylation is 2. The summed E-state index contributed by atoms with van der Waals surface area (Å²) < 4.78 is 3.50. The van der Waals surface area contributed by atoms with Gasteiger partial charge in [-0.15, -0.1) is 5.10 Å². The van der Waals surface area contributed by atoms with E-state index in [1.54, 1.807) is 9.08 Å². The number of imidazole rings is 1. The smallest absolute Gasteiger partial charge is 0.237 e. The number of amides is 1. The first-order valence-electron chi connectivity index (χ1n) is 8.85. The van der Waals surface area contributed by atoms with Crippen molar-refractivity contribution in [2.24, 2.45) is 5.73 Å². The SMILES string of the molecule is Cc1cc(C)n2nc(C(S)c3nc(-c4ccccc4)cn3CC(N)=O)nc2c1. The molecule has 142 valence electrons. The largest absolute Gasteiger partial charge is 0.368 e. The molecule has 0 saturated carbocycles. The quantitative estimate of drug-likeness (QED) is 0.511. The predicted molar refractivity (Wildman–Crippen MR) is 110 cm³/mol. The Balaban J connectivity index is 1.79. The van der Waals surface area contributed by atoms with E-state index in [-0.39, 0.29) is 6.54 Å². The van der Waals surface area contributed by atoms with Crippen LogP contribution in [0.4, 0.5) is 0 Å². The molecule has 4 rings (SSSR count). The molecule has 0 aliphatic carbocycles. The van der Waals surface area contributed by atoms with Crippen LogP contribution in [0.3, 0.4) is 0 Å². The lowest BCUT2D eigenvalue weighted by Crippen LogP contribution is -2.20. The second kappa shape index (κ2) is 7.12. The van der Waals surface area contributed by atoms with E-state index in [9.17, 15) is 4.79 Å². The molecule has 28 heavy (non-hydrogen) atoms. The van der Waals surface area contributed by atoms with Crippen molar-refractivity contribution < 1.29 is 4.79 Å². The standard InChI is InChI=1S/C20H20N6OS/c1-12-8-13(2)26-17(9-12)23-19(24-26)18(28)20-22-15(10-25(20)11-16(21)27)14-6-4-3-5-7-14/h3-10,18,28H,11H2,1-2H3,(H2,21,27). The third kappa shape index (κ3) is 3.38. The number of carbonyl (C=O) groups excluding carboxylic acids is 1. The molecule has 1 atom stereocenters. The number of fused-ring (bicyclic) bond motifs is 1. The van der Waals surface area contributed by atoms with Crippen molar-refractivity contribution >= 4 is 24.2 Å². The van der Waals surface area contributed by atoms with Crippen LogP contribution in [-0.2, 0) is 11.3 Å². The second-order valence-electron chi connectivity index (χ2n) is 6.76. The molecular formula is C20H20N6OS. The van der Waals surface area contributed by atoms with Crippen molar-refractivity contribution in [3.05, 3.63) is 71.6 Å². The fourth-order valence-electron chi connectivity index (χ4n) is 3.25. The zero-order chi connectivity index (χ0) is 19.8. The average molecular weight is 392 g/mol. The second-order valence-corrected chi connectivity index (χ2v) is 7.28. The Bertz CT molecular complexity index is 1160. The lowest BCUT2D eigenvalue weighted by atomic mass is 10.2. The lowest BCUT2D eigenvalue weighted by Gasteiger charge is -2.09. The Hall–Kier alpha value is -3.13. The van der Waals surface area contributed by atoms with E-state index in [0.29, 0.717) is 11.6 Å². The van der Waals surface area contributed by atoms with Gasteiger partial charge < -0.3 is 10.3 Å². The van der Waals surface area contributed by atoms with Gasteiger partial charge in [0, 0.05) is 17.5 Å². The van der Waals surface area contributed by atoms with Crippen LogP contribution >= 0.6 is 12.6 Å². The van der Waals surface area contributed by atoms with E-state index in [1.165, 1.54) is 0 Å². The van der Waals surface area contributed by atoms with Gasteiger partial charge in [-0.05, 0) is 31.5 Å². The molecular weight excluding hydrogens is 372 g/mol. The zero-order valence-electron chi connectivity index (χ0n) is 15.6. The van der Waals surface area contributed by atoms with Gasteiger partial charge in [-0.3, -0.25) is 4.79 Å². The van der Waals surface area contributed by atoms with Gasteiger partial charge in [0.1, 0.15) is 17.6 Å². The fraction of sp³-hybridized carbons (Fsp3) is 0.200. The van der Waals surface area contributed by atoms with Crippen molar-refractivity contribution in [2.75, 3.05) is 0 Å².